The van der Waals surface area contributed by atoms with Crippen molar-refractivity contribution in [1.82, 2.24) is 19.9 Å². The second-order valence-electron chi connectivity index (χ2n) is 5.69. The van der Waals surface area contributed by atoms with Crippen LogP contribution in [0.15, 0.2) is 23.3 Å². The predicted molar refractivity (Wildman–Crippen MR) is 84.4 cm³/mol. The van der Waals surface area contributed by atoms with Crippen molar-refractivity contribution in [2.75, 3.05) is 13.1 Å². The smallest absolute Gasteiger partial charge is 0.267 e. The van der Waals surface area contributed by atoms with E-state index in [0.717, 1.165) is 37.4 Å². The third-order valence-electron chi connectivity index (χ3n) is 3.95. The van der Waals surface area contributed by atoms with E-state index in [9.17, 15) is 4.79 Å². The molecule has 1 fully saturated rings. The molecule has 3 heterocycles. The molecule has 0 aromatic carbocycles. The van der Waals surface area contributed by atoms with Gasteiger partial charge in [0, 0.05) is 24.2 Å². The van der Waals surface area contributed by atoms with Gasteiger partial charge in [-0.15, -0.1) is 11.3 Å². The molecule has 1 saturated heterocycles. The summed E-state index contributed by atoms with van der Waals surface area (Å²) in [5.74, 6) is 0.0421. The van der Waals surface area contributed by atoms with E-state index in [1.807, 2.05) is 5.51 Å². The Morgan fingerprint density at radius 3 is 3.05 bits per heavy atom. The van der Waals surface area contributed by atoms with Gasteiger partial charge in [0.15, 0.2) is 0 Å². The van der Waals surface area contributed by atoms with Crippen LogP contribution in [-0.2, 0) is 13.0 Å². The number of aromatic nitrogens is 3. The van der Waals surface area contributed by atoms with Crippen LogP contribution in [0.1, 0.15) is 34.7 Å². The number of primary amides is 1. The summed E-state index contributed by atoms with van der Waals surface area (Å²) in [6.45, 7) is 3.06. The summed E-state index contributed by atoms with van der Waals surface area (Å²) in [5.41, 5.74) is 9.48. The first-order valence-corrected chi connectivity index (χ1v) is 8.35. The van der Waals surface area contributed by atoms with E-state index >= 15 is 0 Å². The minimum Gasteiger partial charge on any atom is -0.364 e. The van der Waals surface area contributed by atoms with Gasteiger partial charge in [0.25, 0.3) is 5.91 Å². The lowest BCUT2D eigenvalue weighted by Gasteiger charge is -2.32. The van der Waals surface area contributed by atoms with Gasteiger partial charge >= 0.3 is 0 Å². The second-order valence-corrected chi connectivity index (χ2v) is 6.40. The molecule has 0 aliphatic carbocycles. The van der Waals surface area contributed by atoms with Gasteiger partial charge in [-0.05, 0) is 37.8 Å². The summed E-state index contributed by atoms with van der Waals surface area (Å²) >= 11 is 1.64. The quantitative estimate of drug-likeness (QED) is 0.903. The number of amides is 1. The Bertz CT molecular complexity index is 631. The average molecular weight is 317 g/mol. The van der Waals surface area contributed by atoms with Crippen LogP contribution in [0.4, 0.5) is 0 Å². The molecule has 0 radical (unpaired) electrons. The van der Waals surface area contributed by atoms with Gasteiger partial charge in [0.1, 0.15) is 12.0 Å². The van der Waals surface area contributed by atoms with Crippen molar-refractivity contribution in [2.24, 2.45) is 11.7 Å². The fourth-order valence-electron chi connectivity index (χ4n) is 2.95. The molecule has 0 saturated carbocycles. The molecule has 2 aromatic rings. The summed E-state index contributed by atoms with van der Waals surface area (Å²) in [5, 5.41) is 2.10. The number of carbonyl (C=O) groups is 1. The highest BCUT2D eigenvalue weighted by molar-refractivity contribution is 7.07. The molecule has 6 nitrogen and oxygen atoms in total. The Labute approximate surface area is 133 Å². The molecule has 22 heavy (non-hydrogen) atoms. The topological polar surface area (TPSA) is 85.0 Å². The second kappa shape index (κ2) is 6.93. The average Bonchev–Trinajstić information content (AvgIpc) is 3.01. The van der Waals surface area contributed by atoms with Crippen LogP contribution in [0.2, 0.25) is 0 Å². The summed E-state index contributed by atoms with van der Waals surface area (Å²) in [4.78, 5) is 26.2. The number of nitrogens with two attached hydrogens (primary N) is 1. The van der Waals surface area contributed by atoms with Crippen LogP contribution < -0.4 is 5.73 Å². The van der Waals surface area contributed by atoms with Gasteiger partial charge in [-0.25, -0.2) is 15.0 Å². The van der Waals surface area contributed by atoms with E-state index < -0.39 is 5.91 Å². The minimum absolute atomic E-state index is 0.292. The molecular formula is C15H19N5OS. The van der Waals surface area contributed by atoms with Gasteiger partial charge in [0.05, 0.1) is 11.2 Å². The van der Waals surface area contributed by atoms with E-state index in [1.165, 1.54) is 19.2 Å². The Hall–Kier alpha value is -1.86. The number of rotatable bonds is 5. The number of carbonyl (C=O) groups excluding carboxylic acids is 1. The van der Waals surface area contributed by atoms with Gasteiger partial charge in [-0.2, -0.15) is 0 Å². The van der Waals surface area contributed by atoms with Crippen molar-refractivity contribution in [3.63, 3.8) is 0 Å². The fraction of sp³-hybridized carbons (Fsp3) is 0.467. The molecule has 1 atom stereocenters. The molecule has 2 N–H and O–H groups in total. The Morgan fingerprint density at radius 2 is 2.27 bits per heavy atom. The molecular weight excluding hydrogens is 298 g/mol. The van der Waals surface area contributed by atoms with Crippen molar-refractivity contribution < 1.29 is 4.79 Å². The predicted octanol–water partition coefficient (Wildman–Crippen LogP) is 1.49. The minimum atomic E-state index is -0.502. The molecule has 1 aliphatic heterocycles. The van der Waals surface area contributed by atoms with Gasteiger partial charge in [-0.3, -0.25) is 9.69 Å². The van der Waals surface area contributed by atoms with E-state index in [-0.39, 0.29) is 0 Å². The largest absolute Gasteiger partial charge is 0.364 e. The molecule has 0 bridgehead atoms. The van der Waals surface area contributed by atoms with Crippen molar-refractivity contribution >= 4 is 17.2 Å². The number of thiazole rings is 1. The normalized spacial score (nSPS) is 19.2. The molecule has 0 spiro atoms. The summed E-state index contributed by atoms with van der Waals surface area (Å²) in [7, 11) is 0. The highest BCUT2D eigenvalue weighted by atomic mass is 32.1. The maximum atomic E-state index is 11.2. The highest BCUT2D eigenvalue weighted by Crippen LogP contribution is 2.21. The van der Waals surface area contributed by atoms with Crippen molar-refractivity contribution in [1.29, 1.82) is 0 Å². The first-order chi connectivity index (χ1) is 10.7. The third kappa shape index (κ3) is 3.86. The van der Waals surface area contributed by atoms with Crippen LogP contribution in [-0.4, -0.2) is 38.8 Å². The van der Waals surface area contributed by atoms with E-state index in [0.29, 0.717) is 11.6 Å². The maximum absolute atomic E-state index is 11.2. The number of likely N-dealkylation sites (tertiary alicyclic amines) is 1. The zero-order valence-electron chi connectivity index (χ0n) is 12.3. The lowest BCUT2D eigenvalue weighted by molar-refractivity contribution is 0.0995. The molecule has 3 rings (SSSR count). The molecule has 0 unspecified atom stereocenters. The van der Waals surface area contributed by atoms with E-state index in [1.54, 1.807) is 17.4 Å². The van der Waals surface area contributed by atoms with Crippen molar-refractivity contribution in [2.45, 2.75) is 25.8 Å². The monoisotopic (exact) mass is 317 g/mol. The molecule has 7 heteroatoms. The third-order valence-corrected chi connectivity index (χ3v) is 4.58. The van der Waals surface area contributed by atoms with Crippen LogP contribution in [0.5, 0.6) is 0 Å². The first-order valence-electron chi connectivity index (χ1n) is 7.41. The number of hydrogen-bond donors (Lipinski definition) is 1. The lowest BCUT2D eigenvalue weighted by atomic mass is 9.93. The first kappa shape index (κ1) is 15.1. The Morgan fingerprint density at radius 1 is 1.36 bits per heavy atom. The molecule has 1 amide bonds. The van der Waals surface area contributed by atoms with Gasteiger partial charge in [0.2, 0.25) is 0 Å². The summed E-state index contributed by atoms with van der Waals surface area (Å²) in [6.07, 6.45) is 4.65. The molecule has 1 aliphatic rings. The SMILES string of the molecule is NC(=O)c1cc(C[C@@H]2CCCN(Cc3cscn3)C2)ncn1. The van der Waals surface area contributed by atoms with Crippen LogP contribution in [0.25, 0.3) is 0 Å². The van der Waals surface area contributed by atoms with Crippen molar-refractivity contribution in [3.8, 4) is 0 Å². The molecule has 2 aromatic heterocycles. The zero-order valence-corrected chi connectivity index (χ0v) is 13.1. The Balaban J connectivity index is 1.60. The van der Waals surface area contributed by atoms with E-state index in [2.05, 4.69) is 25.2 Å². The Kier molecular flexibility index (Phi) is 4.74. The highest BCUT2D eigenvalue weighted by Gasteiger charge is 2.21. The van der Waals surface area contributed by atoms with Crippen LogP contribution >= 0.6 is 11.3 Å². The van der Waals surface area contributed by atoms with Gasteiger partial charge in [-0.1, -0.05) is 0 Å². The molecule has 116 valence electrons. The maximum Gasteiger partial charge on any atom is 0.267 e. The summed E-state index contributed by atoms with van der Waals surface area (Å²) in [6, 6.07) is 1.71. The van der Waals surface area contributed by atoms with Gasteiger partial charge < -0.3 is 5.73 Å². The number of hydrogen-bond acceptors (Lipinski definition) is 6. The number of piperidine rings is 1. The van der Waals surface area contributed by atoms with Crippen LogP contribution in [0, 0.1) is 5.92 Å². The number of nitrogens with zero attached hydrogens (tertiary/aromatic N) is 4. The lowest BCUT2D eigenvalue weighted by Crippen LogP contribution is -2.36. The standard InChI is InChI=1S/C15H19N5OS/c16-15(21)14-5-12(17-9-18-14)4-11-2-1-3-20(6-11)7-13-8-22-10-19-13/h5,8-11H,1-4,6-7H2,(H2,16,21)/t11-/m0/s1. The fourth-order valence-corrected chi connectivity index (χ4v) is 3.50. The zero-order chi connectivity index (χ0) is 15.4. The summed E-state index contributed by atoms with van der Waals surface area (Å²) < 4.78 is 0. The van der Waals surface area contributed by atoms with E-state index in [4.69, 9.17) is 5.73 Å². The van der Waals surface area contributed by atoms with Crippen molar-refractivity contribution in [3.05, 3.63) is 40.4 Å². The van der Waals surface area contributed by atoms with Crippen LogP contribution in [0.3, 0.4) is 0 Å².